The van der Waals surface area contributed by atoms with Crippen molar-refractivity contribution in [3.8, 4) is 0 Å². The Hall–Kier alpha value is -1.43. The molecule has 5 nitrogen and oxygen atoms in total. The molecule has 2 unspecified atom stereocenters. The molecule has 0 fully saturated rings. The quantitative estimate of drug-likeness (QED) is 0.753. The van der Waals surface area contributed by atoms with Crippen LogP contribution in [0.25, 0.3) is 0 Å². The van der Waals surface area contributed by atoms with E-state index in [1.54, 1.807) is 31.6 Å². The van der Waals surface area contributed by atoms with Gasteiger partial charge in [-0.1, -0.05) is 0 Å². The number of esters is 1. The van der Waals surface area contributed by atoms with Crippen LogP contribution in [0.5, 0.6) is 0 Å². The van der Waals surface area contributed by atoms with Crippen molar-refractivity contribution in [2.24, 2.45) is 0 Å². The Morgan fingerprint density at radius 1 is 1.43 bits per heavy atom. The number of hydrogen-bond acceptors (Lipinski definition) is 4. The summed E-state index contributed by atoms with van der Waals surface area (Å²) in [4.78, 5) is 24.3. The van der Waals surface area contributed by atoms with Crippen LogP contribution in [0.4, 0.5) is 0 Å². The largest absolute Gasteiger partial charge is 0.462 e. The van der Waals surface area contributed by atoms with Crippen molar-refractivity contribution < 1.29 is 13.7 Å². The third-order valence-electron chi connectivity index (χ3n) is 3.44. The van der Waals surface area contributed by atoms with E-state index in [0.29, 0.717) is 35.6 Å². The Morgan fingerprint density at radius 3 is 2.57 bits per heavy atom. The number of carbonyl (C=O) groups is 1. The average Bonchev–Trinajstić information content (AvgIpc) is 2.35. The fourth-order valence-electron chi connectivity index (χ4n) is 2.42. The Kier molecular flexibility index (Phi) is 6.33. The van der Waals surface area contributed by atoms with Gasteiger partial charge in [-0.3, -0.25) is 9.00 Å². The van der Waals surface area contributed by atoms with E-state index in [4.69, 9.17) is 4.74 Å². The van der Waals surface area contributed by atoms with Crippen molar-refractivity contribution in [3.63, 3.8) is 0 Å². The summed E-state index contributed by atoms with van der Waals surface area (Å²) < 4.78 is 17.9. The van der Waals surface area contributed by atoms with Crippen molar-refractivity contribution in [2.75, 3.05) is 18.6 Å². The standard InChI is InChI=1S/C15H23NO4S/c1-6-20-15(18)14-10(2)9-13(17)16(12(14)4)11(3)7-8-21(5)19/h9,11H,6-8H2,1-5H3. The molecule has 0 N–H and O–H groups in total. The fraction of sp³-hybridized carbons (Fsp3) is 0.600. The molecule has 0 aliphatic rings. The minimum Gasteiger partial charge on any atom is -0.462 e. The van der Waals surface area contributed by atoms with E-state index in [9.17, 15) is 13.8 Å². The summed E-state index contributed by atoms with van der Waals surface area (Å²) >= 11 is 0. The second kappa shape index (κ2) is 7.54. The molecule has 2 atom stereocenters. The first-order chi connectivity index (χ1) is 9.79. The molecule has 0 aliphatic heterocycles. The second-order valence-electron chi connectivity index (χ2n) is 5.13. The molecule has 0 saturated heterocycles. The molecule has 0 radical (unpaired) electrons. The molecule has 118 valence electrons. The molecule has 0 saturated carbocycles. The Labute approximate surface area is 127 Å². The summed E-state index contributed by atoms with van der Waals surface area (Å²) in [7, 11) is -0.902. The van der Waals surface area contributed by atoms with Crippen LogP contribution in [0.3, 0.4) is 0 Å². The van der Waals surface area contributed by atoms with E-state index in [2.05, 4.69) is 0 Å². The molecule has 0 aromatic carbocycles. The van der Waals surface area contributed by atoms with E-state index in [1.807, 2.05) is 6.92 Å². The number of ether oxygens (including phenoxy) is 1. The number of rotatable bonds is 6. The first-order valence-electron chi connectivity index (χ1n) is 6.99. The molecule has 21 heavy (non-hydrogen) atoms. The first-order valence-corrected chi connectivity index (χ1v) is 8.72. The van der Waals surface area contributed by atoms with Gasteiger partial charge in [0.1, 0.15) is 0 Å². The Bertz CT molecular complexity index is 606. The zero-order valence-corrected chi connectivity index (χ0v) is 14.1. The van der Waals surface area contributed by atoms with Crippen molar-refractivity contribution in [3.05, 3.63) is 33.2 Å². The van der Waals surface area contributed by atoms with Gasteiger partial charge in [0.2, 0.25) is 0 Å². The normalized spacial score (nSPS) is 13.8. The molecule has 1 heterocycles. The molecule has 0 bridgehead atoms. The lowest BCUT2D eigenvalue weighted by Gasteiger charge is -2.20. The van der Waals surface area contributed by atoms with Crippen LogP contribution in [0.2, 0.25) is 0 Å². The van der Waals surface area contributed by atoms with Crippen LogP contribution < -0.4 is 5.56 Å². The summed E-state index contributed by atoms with van der Waals surface area (Å²) in [6.45, 7) is 7.42. The monoisotopic (exact) mass is 313 g/mol. The van der Waals surface area contributed by atoms with Crippen LogP contribution in [-0.2, 0) is 15.5 Å². The van der Waals surface area contributed by atoms with Crippen LogP contribution in [0.1, 0.15) is 47.9 Å². The summed E-state index contributed by atoms with van der Waals surface area (Å²) in [5.41, 5.74) is 1.53. The van der Waals surface area contributed by atoms with E-state index < -0.39 is 16.8 Å². The van der Waals surface area contributed by atoms with Crippen LogP contribution in [-0.4, -0.2) is 33.4 Å². The number of aromatic nitrogens is 1. The fourth-order valence-corrected chi connectivity index (χ4v) is 3.10. The van der Waals surface area contributed by atoms with Gasteiger partial charge in [0.15, 0.2) is 0 Å². The first kappa shape index (κ1) is 17.6. The predicted octanol–water partition coefficient (Wildman–Crippen LogP) is 1.97. The van der Waals surface area contributed by atoms with Crippen LogP contribution in [0.15, 0.2) is 10.9 Å². The van der Waals surface area contributed by atoms with Crippen molar-refractivity contribution in [2.45, 2.75) is 40.2 Å². The number of pyridine rings is 1. The van der Waals surface area contributed by atoms with E-state index in [-0.39, 0.29) is 11.6 Å². The molecule has 0 amide bonds. The summed E-state index contributed by atoms with van der Waals surface area (Å²) in [5, 5.41) is 0. The molecule has 1 rings (SSSR count). The van der Waals surface area contributed by atoms with Crippen molar-refractivity contribution >= 4 is 16.8 Å². The lowest BCUT2D eigenvalue weighted by molar-refractivity contribution is 0.0523. The highest BCUT2D eigenvalue weighted by molar-refractivity contribution is 7.84. The third kappa shape index (κ3) is 4.27. The lowest BCUT2D eigenvalue weighted by Crippen LogP contribution is -2.29. The predicted molar refractivity (Wildman–Crippen MR) is 84.4 cm³/mol. The average molecular weight is 313 g/mol. The number of carbonyl (C=O) groups excluding carboxylic acids is 1. The molecule has 1 aromatic heterocycles. The third-order valence-corrected chi connectivity index (χ3v) is 4.25. The number of nitrogens with zero attached hydrogens (tertiary/aromatic N) is 1. The lowest BCUT2D eigenvalue weighted by atomic mass is 10.1. The number of aryl methyl sites for hydroxylation is 1. The molecular formula is C15H23NO4S. The molecular weight excluding hydrogens is 290 g/mol. The van der Waals surface area contributed by atoms with E-state index in [0.717, 1.165) is 0 Å². The van der Waals surface area contributed by atoms with Gasteiger partial charge in [-0.15, -0.1) is 0 Å². The van der Waals surface area contributed by atoms with Crippen molar-refractivity contribution in [1.29, 1.82) is 0 Å². The summed E-state index contributed by atoms with van der Waals surface area (Å²) in [5.74, 6) is 0.114. The molecule has 1 aromatic rings. The Balaban J connectivity index is 3.27. The molecule has 6 heteroatoms. The van der Waals surface area contributed by atoms with Gasteiger partial charge in [0, 0.05) is 40.6 Å². The highest BCUT2D eigenvalue weighted by Crippen LogP contribution is 2.18. The van der Waals surface area contributed by atoms with Gasteiger partial charge < -0.3 is 9.30 Å². The SMILES string of the molecule is CCOC(=O)c1c(C)cc(=O)n(C(C)CCS(C)=O)c1C. The minimum absolute atomic E-state index is 0.116. The highest BCUT2D eigenvalue weighted by atomic mass is 32.2. The van der Waals surface area contributed by atoms with Gasteiger partial charge in [0.25, 0.3) is 5.56 Å². The maximum absolute atomic E-state index is 12.2. The van der Waals surface area contributed by atoms with Crippen LogP contribution in [0, 0.1) is 13.8 Å². The van der Waals surface area contributed by atoms with Gasteiger partial charge in [-0.2, -0.15) is 0 Å². The molecule has 0 spiro atoms. The molecule has 0 aliphatic carbocycles. The topological polar surface area (TPSA) is 65.4 Å². The summed E-state index contributed by atoms with van der Waals surface area (Å²) in [6, 6.07) is 1.34. The van der Waals surface area contributed by atoms with Crippen LogP contribution >= 0.6 is 0 Å². The van der Waals surface area contributed by atoms with E-state index >= 15 is 0 Å². The zero-order chi connectivity index (χ0) is 16.2. The van der Waals surface area contributed by atoms with Crippen molar-refractivity contribution in [1.82, 2.24) is 4.57 Å². The Morgan fingerprint density at radius 2 is 2.05 bits per heavy atom. The number of hydrogen-bond donors (Lipinski definition) is 0. The minimum atomic E-state index is -0.902. The van der Waals surface area contributed by atoms with Gasteiger partial charge in [-0.25, -0.2) is 4.79 Å². The second-order valence-corrected chi connectivity index (χ2v) is 6.69. The summed E-state index contributed by atoms with van der Waals surface area (Å²) in [6.07, 6.45) is 2.26. The van der Waals surface area contributed by atoms with Gasteiger partial charge in [-0.05, 0) is 39.7 Å². The van der Waals surface area contributed by atoms with E-state index in [1.165, 1.54) is 6.07 Å². The maximum Gasteiger partial charge on any atom is 0.340 e. The van der Waals surface area contributed by atoms with Gasteiger partial charge in [0.05, 0.1) is 12.2 Å². The highest BCUT2D eigenvalue weighted by Gasteiger charge is 2.20. The maximum atomic E-state index is 12.2. The van der Waals surface area contributed by atoms with Gasteiger partial charge >= 0.3 is 5.97 Å². The smallest absolute Gasteiger partial charge is 0.340 e. The zero-order valence-electron chi connectivity index (χ0n) is 13.3.